The lowest BCUT2D eigenvalue weighted by Gasteiger charge is -2.37. The third-order valence-corrected chi connectivity index (χ3v) is 7.34. The summed E-state index contributed by atoms with van der Waals surface area (Å²) in [5.41, 5.74) is 5.49. The molecule has 0 aromatic carbocycles. The van der Waals surface area contributed by atoms with Gasteiger partial charge >= 0.3 is 0 Å². The van der Waals surface area contributed by atoms with Crippen molar-refractivity contribution in [2.24, 2.45) is 28.9 Å². The van der Waals surface area contributed by atoms with Crippen LogP contribution in [0.15, 0.2) is 0 Å². The number of ketones is 1. The van der Waals surface area contributed by atoms with Gasteiger partial charge in [0.15, 0.2) is 5.78 Å². The normalized spacial score (nSPS) is 25.6. The van der Waals surface area contributed by atoms with Crippen molar-refractivity contribution in [1.82, 2.24) is 4.90 Å². The standard InChI is InChI=1S/C24H42N2O2S/c1-5-6-8-17-13-18(14-17)10-11-22(27)21-9-7-12-26(21)23(28)20(24(2,3)4)15-19(29)16-25/h17-18,20-21H,5-16,25H2,1-4H3/t17?,18?,20-,21-/m1/s1. The van der Waals surface area contributed by atoms with E-state index in [9.17, 15) is 9.59 Å². The first kappa shape index (κ1) is 24.5. The minimum atomic E-state index is -0.227. The molecule has 2 atom stereocenters. The Kier molecular flexibility index (Phi) is 9.27. The Labute approximate surface area is 183 Å². The number of carbonyl (C=O) groups is 2. The molecule has 0 unspecified atom stereocenters. The molecule has 166 valence electrons. The fourth-order valence-electron chi connectivity index (χ4n) is 4.99. The molecule has 29 heavy (non-hydrogen) atoms. The van der Waals surface area contributed by atoms with Crippen molar-refractivity contribution in [2.45, 2.75) is 97.9 Å². The van der Waals surface area contributed by atoms with Crippen LogP contribution in [0.4, 0.5) is 0 Å². The number of carbonyl (C=O) groups excluding carboxylic acids is 2. The number of hydrogen-bond donors (Lipinski definition) is 1. The lowest BCUT2D eigenvalue weighted by Crippen LogP contribution is -2.47. The molecule has 1 saturated heterocycles. The van der Waals surface area contributed by atoms with E-state index in [-0.39, 0.29) is 29.1 Å². The number of nitrogens with zero attached hydrogens (tertiary/aromatic N) is 1. The van der Waals surface area contributed by atoms with Crippen molar-refractivity contribution in [1.29, 1.82) is 0 Å². The molecule has 0 aromatic rings. The first-order valence-corrected chi connectivity index (χ1v) is 12.1. The van der Waals surface area contributed by atoms with Crippen LogP contribution in [-0.4, -0.2) is 40.6 Å². The van der Waals surface area contributed by atoms with Crippen LogP contribution in [0, 0.1) is 23.2 Å². The Morgan fingerprint density at radius 3 is 2.41 bits per heavy atom. The van der Waals surface area contributed by atoms with E-state index in [1.807, 2.05) is 4.90 Å². The van der Waals surface area contributed by atoms with Crippen molar-refractivity contribution >= 4 is 28.8 Å². The van der Waals surface area contributed by atoms with E-state index >= 15 is 0 Å². The Morgan fingerprint density at radius 2 is 1.83 bits per heavy atom. The van der Waals surface area contributed by atoms with Crippen molar-refractivity contribution in [3.05, 3.63) is 0 Å². The molecule has 1 aliphatic heterocycles. The molecular weight excluding hydrogens is 380 g/mol. The van der Waals surface area contributed by atoms with Crippen LogP contribution >= 0.6 is 12.2 Å². The van der Waals surface area contributed by atoms with Crippen LogP contribution in [0.1, 0.15) is 91.9 Å². The molecular formula is C24H42N2O2S. The van der Waals surface area contributed by atoms with E-state index in [1.54, 1.807) is 0 Å². The first-order chi connectivity index (χ1) is 13.7. The number of nitrogens with two attached hydrogens (primary N) is 1. The molecule has 1 amide bonds. The Hall–Kier alpha value is -0.810. The second kappa shape index (κ2) is 11.0. The Bertz CT molecular complexity index is 578. The Balaban J connectivity index is 1.89. The summed E-state index contributed by atoms with van der Waals surface area (Å²) in [5.74, 6) is 1.75. The summed E-state index contributed by atoms with van der Waals surface area (Å²) in [6.07, 6.45) is 10.4. The van der Waals surface area contributed by atoms with Gasteiger partial charge in [0.2, 0.25) is 5.91 Å². The lowest BCUT2D eigenvalue weighted by molar-refractivity contribution is -0.143. The summed E-state index contributed by atoms with van der Waals surface area (Å²) < 4.78 is 0. The maximum Gasteiger partial charge on any atom is 0.227 e. The van der Waals surface area contributed by atoms with Crippen LogP contribution in [-0.2, 0) is 9.59 Å². The molecule has 2 aliphatic rings. The summed E-state index contributed by atoms with van der Waals surface area (Å²) in [6.45, 7) is 9.50. The van der Waals surface area contributed by atoms with Gasteiger partial charge in [-0.15, -0.1) is 0 Å². The average Bonchev–Trinajstić information content (AvgIpc) is 3.12. The number of unbranched alkanes of at least 4 members (excludes halogenated alkanes) is 1. The Morgan fingerprint density at radius 1 is 1.17 bits per heavy atom. The zero-order chi connectivity index (χ0) is 21.6. The van der Waals surface area contributed by atoms with Gasteiger partial charge in [-0.25, -0.2) is 0 Å². The van der Waals surface area contributed by atoms with Crippen molar-refractivity contribution in [3.63, 3.8) is 0 Å². The molecule has 0 radical (unpaired) electrons. The van der Waals surface area contributed by atoms with E-state index in [4.69, 9.17) is 18.0 Å². The van der Waals surface area contributed by atoms with E-state index in [1.165, 1.54) is 32.1 Å². The second-order valence-electron chi connectivity index (χ2n) is 10.4. The summed E-state index contributed by atoms with van der Waals surface area (Å²) >= 11 is 5.34. The van der Waals surface area contributed by atoms with Crippen molar-refractivity contribution in [3.8, 4) is 0 Å². The minimum absolute atomic E-state index is 0.0902. The average molecular weight is 423 g/mol. The van der Waals surface area contributed by atoms with Gasteiger partial charge in [0.05, 0.1) is 6.04 Å². The summed E-state index contributed by atoms with van der Waals surface area (Å²) in [4.78, 5) is 29.0. The van der Waals surface area contributed by atoms with Gasteiger partial charge in [-0.2, -0.15) is 0 Å². The minimum Gasteiger partial charge on any atom is -0.332 e. The molecule has 5 heteroatoms. The quantitative estimate of drug-likeness (QED) is 0.480. The van der Waals surface area contributed by atoms with Gasteiger partial charge < -0.3 is 10.6 Å². The molecule has 4 nitrogen and oxygen atoms in total. The van der Waals surface area contributed by atoms with Crippen molar-refractivity contribution in [2.75, 3.05) is 13.1 Å². The van der Waals surface area contributed by atoms with Crippen LogP contribution in [0.3, 0.4) is 0 Å². The highest BCUT2D eigenvalue weighted by molar-refractivity contribution is 7.80. The molecule has 0 aromatic heterocycles. The highest BCUT2D eigenvalue weighted by Crippen LogP contribution is 2.40. The van der Waals surface area contributed by atoms with Gasteiger partial charge in [-0.3, -0.25) is 9.59 Å². The number of thiocarbonyl (C=S) groups is 1. The molecule has 2 N–H and O–H groups in total. The van der Waals surface area contributed by atoms with Crippen LogP contribution in [0.25, 0.3) is 0 Å². The van der Waals surface area contributed by atoms with Crippen LogP contribution < -0.4 is 5.73 Å². The zero-order valence-corrected chi connectivity index (χ0v) is 19.9. The van der Waals surface area contributed by atoms with Gasteiger partial charge in [0.1, 0.15) is 0 Å². The van der Waals surface area contributed by atoms with Gasteiger partial charge in [0.25, 0.3) is 0 Å². The number of amides is 1. The molecule has 0 spiro atoms. The highest BCUT2D eigenvalue weighted by Gasteiger charge is 2.41. The molecule has 2 rings (SSSR count). The molecule has 1 aliphatic carbocycles. The topological polar surface area (TPSA) is 63.4 Å². The van der Waals surface area contributed by atoms with E-state index < -0.39 is 0 Å². The van der Waals surface area contributed by atoms with E-state index in [0.29, 0.717) is 25.9 Å². The monoisotopic (exact) mass is 422 g/mol. The molecule has 2 fully saturated rings. The second-order valence-corrected chi connectivity index (χ2v) is 11.0. The predicted octanol–water partition coefficient (Wildman–Crippen LogP) is 4.92. The maximum atomic E-state index is 13.4. The van der Waals surface area contributed by atoms with Crippen LogP contribution in [0.2, 0.25) is 0 Å². The fourth-order valence-corrected chi connectivity index (χ4v) is 5.16. The fraction of sp³-hybridized carbons (Fsp3) is 0.875. The molecule has 1 heterocycles. The molecule has 1 saturated carbocycles. The third-order valence-electron chi connectivity index (χ3n) is 7.01. The smallest absolute Gasteiger partial charge is 0.227 e. The largest absolute Gasteiger partial charge is 0.332 e. The van der Waals surface area contributed by atoms with E-state index in [0.717, 1.165) is 36.0 Å². The van der Waals surface area contributed by atoms with Crippen molar-refractivity contribution < 1.29 is 9.59 Å². The third kappa shape index (κ3) is 6.85. The zero-order valence-electron chi connectivity index (χ0n) is 19.0. The number of likely N-dealkylation sites (tertiary alicyclic amines) is 1. The van der Waals surface area contributed by atoms with Gasteiger partial charge in [0, 0.05) is 30.3 Å². The van der Waals surface area contributed by atoms with E-state index in [2.05, 4.69) is 27.7 Å². The summed E-state index contributed by atoms with van der Waals surface area (Å²) in [5, 5.41) is 0. The number of rotatable bonds is 11. The SMILES string of the molecule is CCCCC1CC(CCC(=O)[C@H]2CCCN2C(=O)[C@@H](CC(=S)CN)C(C)(C)C)C1. The summed E-state index contributed by atoms with van der Waals surface area (Å²) in [6, 6.07) is -0.227. The maximum absolute atomic E-state index is 13.4. The number of hydrogen-bond acceptors (Lipinski definition) is 4. The highest BCUT2D eigenvalue weighted by atomic mass is 32.1. The summed E-state index contributed by atoms with van der Waals surface area (Å²) in [7, 11) is 0. The molecule has 0 bridgehead atoms. The first-order valence-electron chi connectivity index (χ1n) is 11.7. The predicted molar refractivity (Wildman–Crippen MR) is 124 cm³/mol. The van der Waals surface area contributed by atoms with Crippen LogP contribution in [0.5, 0.6) is 0 Å². The van der Waals surface area contributed by atoms with Gasteiger partial charge in [-0.05, 0) is 55.8 Å². The number of Topliss-reactive ketones (excluding diaryl/α,β-unsaturated/α-hetero) is 1. The van der Waals surface area contributed by atoms with Gasteiger partial charge in [-0.1, -0.05) is 59.2 Å². The lowest BCUT2D eigenvalue weighted by atomic mass is 9.70.